The zero-order valence-electron chi connectivity index (χ0n) is 7.95. The third-order valence-corrected chi connectivity index (χ3v) is 3.52. The average Bonchev–Trinajstić information content (AvgIpc) is 2.69. The first-order valence-electron chi connectivity index (χ1n) is 5.06. The quantitative estimate of drug-likeness (QED) is 0.413. The Balaban J connectivity index is 2.18. The lowest BCUT2D eigenvalue weighted by Gasteiger charge is -2.28. The van der Waals surface area contributed by atoms with Crippen molar-refractivity contribution in [1.29, 1.82) is 0 Å². The molecule has 0 radical (unpaired) electrons. The molecule has 0 bridgehead atoms. The van der Waals surface area contributed by atoms with Crippen LogP contribution in [0.5, 0.6) is 0 Å². The molecule has 0 aromatic carbocycles. The number of nitrogens with zero attached hydrogens (tertiary/aromatic N) is 1. The number of hydrogen-bond donors (Lipinski definition) is 4. The van der Waals surface area contributed by atoms with Gasteiger partial charge in [0.2, 0.25) is 0 Å². The van der Waals surface area contributed by atoms with Crippen molar-refractivity contribution in [3.63, 3.8) is 0 Å². The first kappa shape index (κ1) is 10.3. The molecule has 5 nitrogen and oxygen atoms in total. The Morgan fingerprint density at radius 3 is 2.29 bits per heavy atom. The maximum Gasteiger partial charge on any atom is 0.0991 e. The topological polar surface area (TPSA) is 84.2 Å². The Kier molecular flexibility index (Phi) is 2.77. The highest BCUT2D eigenvalue weighted by Gasteiger charge is 2.52. The summed E-state index contributed by atoms with van der Waals surface area (Å²) in [6, 6.07) is -0.544. The van der Waals surface area contributed by atoms with Crippen LogP contribution in [0.2, 0.25) is 0 Å². The lowest BCUT2D eigenvalue weighted by atomic mass is 10.0. The van der Waals surface area contributed by atoms with Crippen molar-refractivity contribution in [2.24, 2.45) is 0 Å². The van der Waals surface area contributed by atoms with Crippen LogP contribution in [0, 0.1) is 0 Å². The molecule has 2 heterocycles. The molecular formula is C9H17NO4. The van der Waals surface area contributed by atoms with Crippen LogP contribution in [0.1, 0.15) is 12.8 Å². The summed E-state index contributed by atoms with van der Waals surface area (Å²) in [5.41, 5.74) is 0. The summed E-state index contributed by atoms with van der Waals surface area (Å²) >= 11 is 0. The van der Waals surface area contributed by atoms with Crippen molar-refractivity contribution in [1.82, 2.24) is 4.90 Å². The molecule has 2 fully saturated rings. The molecule has 0 unspecified atom stereocenters. The van der Waals surface area contributed by atoms with Gasteiger partial charge in [-0.25, -0.2) is 0 Å². The summed E-state index contributed by atoms with van der Waals surface area (Å²) < 4.78 is 0. The van der Waals surface area contributed by atoms with Crippen molar-refractivity contribution in [2.45, 2.75) is 43.2 Å². The van der Waals surface area contributed by atoms with Crippen LogP contribution in [-0.2, 0) is 0 Å². The number of aliphatic hydroxyl groups is 4. The van der Waals surface area contributed by atoms with Crippen molar-refractivity contribution in [2.75, 3.05) is 13.2 Å². The van der Waals surface area contributed by atoms with E-state index in [9.17, 15) is 10.2 Å². The number of hydrogen-bond acceptors (Lipinski definition) is 5. The van der Waals surface area contributed by atoms with Crippen LogP contribution >= 0.6 is 0 Å². The van der Waals surface area contributed by atoms with Gasteiger partial charge in [-0.15, -0.1) is 0 Å². The molecule has 4 N–H and O–H groups in total. The molecule has 0 saturated carbocycles. The Bertz CT molecular complexity index is 211. The number of aliphatic hydroxyl groups excluding tert-OH is 4. The minimum Gasteiger partial charge on any atom is -0.395 e. The highest BCUT2D eigenvalue weighted by atomic mass is 16.3. The molecule has 2 saturated heterocycles. The second-order valence-corrected chi connectivity index (χ2v) is 4.16. The summed E-state index contributed by atoms with van der Waals surface area (Å²) in [4.78, 5) is 1.87. The van der Waals surface area contributed by atoms with E-state index in [1.54, 1.807) is 0 Å². The monoisotopic (exact) mass is 203 g/mol. The average molecular weight is 203 g/mol. The molecule has 0 amide bonds. The Hall–Kier alpha value is -0.200. The van der Waals surface area contributed by atoms with Gasteiger partial charge in [0.15, 0.2) is 0 Å². The van der Waals surface area contributed by atoms with Gasteiger partial charge >= 0.3 is 0 Å². The van der Waals surface area contributed by atoms with E-state index >= 15 is 0 Å². The summed E-state index contributed by atoms with van der Waals surface area (Å²) in [6.45, 7) is -0.155. The van der Waals surface area contributed by atoms with Gasteiger partial charge in [-0.1, -0.05) is 0 Å². The van der Waals surface area contributed by atoms with Gasteiger partial charge in [-0.2, -0.15) is 0 Å². The Morgan fingerprint density at radius 1 is 1.00 bits per heavy atom. The van der Waals surface area contributed by atoms with Crippen molar-refractivity contribution in [3.8, 4) is 0 Å². The third-order valence-electron chi connectivity index (χ3n) is 3.52. The summed E-state index contributed by atoms with van der Waals surface area (Å²) in [5, 5.41) is 37.6. The SMILES string of the molecule is OC[C@H]1CC[C@H]2[C@@H](O)[C@@H](O)[C@H](CO)N12. The van der Waals surface area contributed by atoms with Gasteiger partial charge in [0, 0.05) is 12.1 Å². The molecule has 5 heteroatoms. The fraction of sp³-hybridized carbons (Fsp3) is 1.00. The largest absolute Gasteiger partial charge is 0.395 e. The van der Waals surface area contributed by atoms with E-state index in [0.29, 0.717) is 0 Å². The zero-order chi connectivity index (χ0) is 10.3. The molecule has 0 spiro atoms. The van der Waals surface area contributed by atoms with Crippen molar-refractivity contribution in [3.05, 3.63) is 0 Å². The zero-order valence-corrected chi connectivity index (χ0v) is 7.95. The minimum absolute atomic E-state index is 0.0203. The van der Waals surface area contributed by atoms with Gasteiger partial charge in [0.25, 0.3) is 0 Å². The van der Waals surface area contributed by atoms with E-state index in [-0.39, 0.29) is 25.3 Å². The van der Waals surface area contributed by atoms with Crippen LogP contribution in [0.15, 0.2) is 0 Å². The van der Waals surface area contributed by atoms with Crippen molar-refractivity contribution >= 4 is 0 Å². The fourth-order valence-electron chi connectivity index (χ4n) is 2.82. The highest BCUT2D eigenvalue weighted by molar-refractivity contribution is 5.06. The van der Waals surface area contributed by atoms with E-state index < -0.39 is 18.2 Å². The van der Waals surface area contributed by atoms with Crippen LogP contribution in [0.3, 0.4) is 0 Å². The maximum absolute atomic E-state index is 9.70. The lowest BCUT2D eigenvalue weighted by molar-refractivity contribution is 0.00990. The van der Waals surface area contributed by atoms with Gasteiger partial charge in [-0.05, 0) is 12.8 Å². The van der Waals surface area contributed by atoms with Crippen LogP contribution in [0.25, 0.3) is 0 Å². The molecule has 0 aliphatic carbocycles. The minimum atomic E-state index is -0.889. The number of fused-ring (bicyclic) bond motifs is 1. The highest BCUT2D eigenvalue weighted by Crippen LogP contribution is 2.36. The normalized spacial score (nSPS) is 48.4. The molecule has 2 rings (SSSR count). The van der Waals surface area contributed by atoms with Gasteiger partial charge < -0.3 is 20.4 Å². The molecule has 2 aliphatic heterocycles. The molecule has 14 heavy (non-hydrogen) atoms. The smallest absolute Gasteiger partial charge is 0.0991 e. The van der Waals surface area contributed by atoms with Gasteiger partial charge in [0.1, 0.15) is 0 Å². The standard InChI is InChI=1S/C9H17NO4/c11-3-5-1-2-6-8(13)9(14)7(4-12)10(5)6/h5-9,11-14H,1-4H2/t5-,6+,7+,8-,9+/m1/s1. The Labute approximate surface area is 82.6 Å². The Morgan fingerprint density at radius 2 is 1.71 bits per heavy atom. The lowest BCUT2D eigenvalue weighted by Crippen LogP contribution is -2.45. The molecule has 82 valence electrons. The first-order chi connectivity index (χ1) is 6.70. The first-order valence-corrected chi connectivity index (χ1v) is 5.06. The van der Waals surface area contributed by atoms with E-state index in [1.165, 1.54) is 0 Å². The summed E-state index contributed by atoms with van der Waals surface area (Å²) in [7, 11) is 0. The molecule has 2 aliphatic rings. The number of rotatable bonds is 2. The van der Waals surface area contributed by atoms with Crippen LogP contribution in [0.4, 0.5) is 0 Å². The van der Waals surface area contributed by atoms with Crippen molar-refractivity contribution < 1.29 is 20.4 Å². The second kappa shape index (κ2) is 3.75. The third kappa shape index (κ3) is 1.28. The van der Waals surface area contributed by atoms with Crippen LogP contribution < -0.4 is 0 Å². The van der Waals surface area contributed by atoms with E-state index in [0.717, 1.165) is 12.8 Å². The van der Waals surface area contributed by atoms with E-state index in [1.807, 2.05) is 4.90 Å². The second-order valence-electron chi connectivity index (χ2n) is 4.16. The maximum atomic E-state index is 9.70. The van der Waals surface area contributed by atoms with Gasteiger partial charge in [0.05, 0.1) is 31.5 Å². The molecule has 0 aromatic rings. The molecule has 5 atom stereocenters. The molecule has 0 aromatic heterocycles. The van der Waals surface area contributed by atoms with E-state index in [2.05, 4.69) is 0 Å². The van der Waals surface area contributed by atoms with Crippen LogP contribution in [-0.4, -0.2) is 68.9 Å². The van der Waals surface area contributed by atoms with Gasteiger partial charge in [-0.3, -0.25) is 4.90 Å². The van der Waals surface area contributed by atoms with E-state index in [4.69, 9.17) is 10.2 Å². The summed E-state index contributed by atoms with van der Waals surface area (Å²) in [5.74, 6) is 0. The molecular weight excluding hydrogens is 186 g/mol. The predicted molar refractivity (Wildman–Crippen MR) is 48.6 cm³/mol. The summed E-state index contributed by atoms with van der Waals surface area (Å²) in [6.07, 6.45) is -0.0791. The predicted octanol–water partition coefficient (Wildman–Crippen LogP) is -2.09. The fourth-order valence-corrected chi connectivity index (χ4v) is 2.82.